The minimum Gasteiger partial charge on any atom is -0.495 e. The number of benzene rings is 1. The Morgan fingerprint density at radius 1 is 1.44 bits per heavy atom. The zero-order valence-corrected chi connectivity index (χ0v) is 17.8. The molecule has 3 rings (SSSR count). The molecule has 130 valence electrons. The van der Waals surface area contributed by atoms with Crippen LogP contribution in [0.5, 0.6) is 5.75 Å². The number of carbonyl (C=O) groups is 1. The van der Waals surface area contributed by atoms with E-state index >= 15 is 0 Å². The predicted molar refractivity (Wildman–Crippen MR) is 107 cm³/mol. The van der Waals surface area contributed by atoms with E-state index in [0.29, 0.717) is 32.3 Å². The Bertz CT molecular complexity index is 886. The summed E-state index contributed by atoms with van der Waals surface area (Å²) in [5.41, 5.74) is 2.11. The molecule has 1 aliphatic carbocycles. The molecule has 0 radical (unpaired) electrons. The average Bonchev–Trinajstić information content (AvgIpc) is 2.89. The van der Waals surface area contributed by atoms with Gasteiger partial charge in [0.25, 0.3) is 5.91 Å². The number of rotatable bonds is 3. The van der Waals surface area contributed by atoms with Crippen LogP contribution in [0.2, 0.25) is 0 Å². The maximum Gasteiger partial charge on any atom is 0.260 e. The lowest BCUT2D eigenvalue weighted by molar-refractivity contribution is 0.102. The molecule has 1 amide bonds. The molecule has 1 aromatic heterocycles. The van der Waals surface area contributed by atoms with Gasteiger partial charge in [-0.3, -0.25) is 4.79 Å². The number of fused-ring (bicyclic) bond motifs is 1. The van der Waals surface area contributed by atoms with Crippen molar-refractivity contribution >= 4 is 54.1 Å². The van der Waals surface area contributed by atoms with E-state index in [0.717, 1.165) is 29.3 Å². The highest BCUT2D eigenvalue weighted by Crippen LogP contribution is 2.40. The van der Waals surface area contributed by atoms with Gasteiger partial charge in [0.1, 0.15) is 16.8 Å². The van der Waals surface area contributed by atoms with E-state index in [1.165, 1.54) is 23.3 Å². The van der Waals surface area contributed by atoms with E-state index in [1.54, 1.807) is 6.07 Å². The van der Waals surface area contributed by atoms with Crippen LogP contribution in [0.25, 0.3) is 0 Å². The summed E-state index contributed by atoms with van der Waals surface area (Å²) in [6.45, 7) is 2.22. The standard InChI is InChI=1S/C18H16Br2N2O2S/c1-9-3-4-11-13(8-21)18(25-15(11)5-9)22-17(23)12-6-10(19)7-14(20)16(12)24-2/h6-7,9H,3-5H2,1-2H3,(H,22,23). The second kappa shape index (κ2) is 7.48. The highest BCUT2D eigenvalue weighted by Gasteiger charge is 2.25. The predicted octanol–water partition coefficient (Wildman–Crippen LogP) is 5.53. The largest absolute Gasteiger partial charge is 0.495 e. The summed E-state index contributed by atoms with van der Waals surface area (Å²) in [7, 11) is 1.52. The van der Waals surface area contributed by atoms with Gasteiger partial charge in [0.05, 0.1) is 22.7 Å². The molecule has 4 nitrogen and oxygen atoms in total. The van der Waals surface area contributed by atoms with Gasteiger partial charge in [-0.2, -0.15) is 5.26 Å². The third-order valence-corrected chi connectivity index (χ3v) is 6.52. The Kier molecular flexibility index (Phi) is 5.52. The fraction of sp³-hybridized carbons (Fsp3) is 0.333. The molecule has 0 saturated carbocycles. The van der Waals surface area contributed by atoms with Gasteiger partial charge in [-0.05, 0) is 58.8 Å². The minimum atomic E-state index is -0.290. The lowest BCUT2D eigenvalue weighted by atomic mass is 9.88. The van der Waals surface area contributed by atoms with Crippen LogP contribution in [-0.2, 0) is 12.8 Å². The number of halogens is 2. The van der Waals surface area contributed by atoms with Gasteiger partial charge in [0.2, 0.25) is 0 Å². The summed E-state index contributed by atoms with van der Waals surface area (Å²) < 4.78 is 6.81. The zero-order chi connectivity index (χ0) is 18.1. The molecule has 0 bridgehead atoms. The van der Waals surface area contributed by atoms with Crippen molar-refractivity contribution in [2.24, 2.45) is 5.92 Å². The molecule has 1 unspecified atom stereocenters. The van der Waals surface area contributed by atoms with Crippen LogP contribution in [0.4, 0.5) is 5.00 Å². The fourth-order valence-corrected chi connectivity index (χ4v) is 5.81. The van der Waals surface area contributed by atoms with E-state index in [2.05, 4.69) is 50.2 Å². The lowest BCUT2D eigenvalue weighted by Crippen LogP contribution is -2.13. The molecule has 25 heavy (non-hydrogen) atoms. The summed E-state index contributed by atoms with van der Waals surface area (Å²) in [5.74, 6) is 0.790. The number of methoxy groups -OCH3 is 1. The van der Waals surface area contributed by atoms with E-state index in [-0.39, 0.29) is 5.91 Å². The first kappa shape index (κ1) is 18.4. The van der Waals surface area contributed by atoms with Crippen LogP contribution in [-0.4, -0.2) is 13.0 Å². The van der Waals surface area contributed by atoms with Crippen molar-refractivity contribution in [2.75, 3.05) is 12.4 Å². The summed E-state index contributed by atoms with van der Waals surface area (Å²) in [4.78, 5) is 14.0. The van der Waals surface area contributed by atoms with E-state index in [1.807, 2.05) is 6.07 Å². The Morgan fingerprint density at radius 3 is 2.88 bits per heavy atom. The summed E-state index contributed by atoms with van der Waals surface area (Å²) in [5, 5.41) is 13.1. The Labute approximate surface area is 167 Å². The van der Waals surface area contributed by atoms with E-state index in [4.69, 9.17) is 4.74 Å². The molecule has 1 heterocycles. The molecule has 1 N–H and O–H groups in total. The van der Waals surface area contributed by atoms with Crippen LogP contribution >= 0.6 is 43.2 Å². The van der Waals surface area contributed by atoms with Crippen molar-refractivity contribution in [1.29, 1.82) is 5.26 Å². The summed E-state index contributed by atoms with van der Waals surface area (Å²) in [6, 6.07) is 5.80. The molecule has 0 fully saturated rings. The second-order valence-corrected chi connectivity index (χ2v) is 8.97. The smallest absolute Gasteiger partial charge is 0.260 e. The molecule has 0 spiro atoms. The number of nitrogens with zero attached hydrogens (tertiary/aromatic N) is 1. The number of anilines is 1. The van der Waals surface area contributed by atoms with Crippen molar-refractivity contribution < 1.29 is 9.53 Å². The van der Waals surface area contributed by atoms with Gasteiger partial charge in [-0.15, -0.1) is 11.3 Å². The molecule has 7 heteroatoms. The van der Waals surface area contributed by atoms with Crippen LogP contribution in [0.3, 0.4) is 0 Å². The number of carbonyl (C=O) groups excluding carboxylic acids is 1. The molecule has 1 atom stereocenters. The van der Waals surface area contributed by atoms with Gasteiger partial charge < -0.3 is 10.1 Å². The van der Waals surface area contributed by atoms with Gasteiger partial charge in [0, 0.05) is 9.35 Å². The topological polar surface area (TPSA) is 62.1 Å². The number of amides is 1. The van der Waals surface area contributed by atoms with Crippen molar-refractivity contribution in [3.05, 3.63) is 42.6 Å². The monoisotopic (exact) mass is 482 g/mol. The number of hydrogen-bond donors (Lipinski definition) is 1. The first-order valence-corrected chi connectivity index (χ1v) is 10.2. The van der Waals surface area contributed by atoms with E-state index in [9.17, 15) is 10.1 Å². The maximum absolute atomic E-state index is 12.8. The number of hydrogen-bond acceptors (Lipinski definition) is 4. The number of ether oxygens (including phenoxy) is 1. The number of nitriles is 1. The van der Waals surface area contributed by atoms with Crippen molar-refractivity contribution in [3.8, 4) is 11.8 Å². The number of nitrogens with one attached hydrogen (secondary N) is 1. The molecule has 0 aliphatic heterocycles. The van der Waals surface area contributed by atoms with Crippen molar-refractivity contribution in [2.45, 2.75) is 26.2 Å². The molecular formula is C18H16Br2N2O2S. The first-order valence-electron chi connectivity index (χ1n) is 7.83. The van der Waals surface area contributed by atoms with Crippen LogP contribution in [0, 0.1) is 17.2 Å². The van der Waals surface area contributed by atoms with Gasteiger partial charge in [0.15, 0.2) is 0 Å². The molecule has 2 aromatic rings. The first-order chi connectivity index (χ1) is 11.9. The lowest BCUT2D eigenvalue weighted by Gasteiger charge is -2.17. The number of thiophene rings is 1. The van der Waals surface area contributed by atoms with Crippen LogP contribution in [0.15, 0.2) is 21.1 Å². The Hall–Kier alpha value is -1.36. The molecule has 0 saturated heterocycles. The van der Waals surface area contributed by atoms with Gasteiger partial charge in [-0.1, -0.05) is 22.9 Å². The van der Waals surface area contributed by atoms with Crippen LogP contribution < -0.4 is 10.1 Å². The maximum atomic E-state index is 12.8. The Morgan fingerprint density at radius 2 is 2.20 bits per heavy atom. The molecule has 1 aliphatic rings. The second-order valence-electron chi connectivity index (χ2n) is 6.09. The average molecular weight is 484 g/mol. The third-order valence-electron chi connectivity index (χ3n) is 4.31. The van der Waals surface area contributed by atoms with Gasteiger partial charge >= 0.3 is 0 Å². The minimum absolute atomic E-state index is 0.290. The fourth-order valence-electron chi connectivity index (χ4n) is 3.06. The summed E-state index contributed by atoms with van der Waals surface area (Å²) in [6.07, 6.45) is 2.95. The quantitative estimate of drug-likeness (QED) is 0.624. The highest BCUT2D eigenvalue weighted by atomic mass is 79.9. The molecule has 1 aromatic carbocycles. The van der Waals surface area contributed by atoms with Crippen molar-refractivity contribution in [3.63, 3.8) is 0 Å². The molecular weight excluding hydrogens is 468 g/mol. The van der Waals surface area contributed by atoms with Gasteiger partial charge in [-0.25, -0.2) is 0 Å². The highest BCUT2D eigenvalue weighted by molar-refractivity contribution is 9.11. The van der Waals surface area contributed by atoms with Crippen LogP contribution in [0.1, 0.15) is 39.7 Å². The van der Waals surface area contributed by atoms with Crippen molar-refractivity contribution in [1.82, 2.24) is 0 Å². The van der Waals surface area contributed by atoms with E-state index < -0.39 is 0 Å². The SMILES string of the molecule is COc1c(Br)cc(Br)cc1C(=O)Nc1sc2c(c1C#N)CCC(C)C2. The Balaban J connectivity index is 1.96. The zero-order valence-electron chi connectivity index (χ0n) is 13.8. The normalized spacial score (nSPS) is 16.0. The third kappa shape index (κ3) is 3.62. The summed E-state index contributed by atoms with van der Waals surface area (Å²) >= 11 is 8.32.